The van der Waals surface area contributed by atoms with E-state index >= 15 is 0 Å². The Balaban J connectivity index is 2.36. The molecule has 2 aromatic rings. The number of fused-ring (bicyclic) bond motifs is 1. The number of hydrogen-bond acceptors (Lipinski definition) is 4. The lowest BCUT2D eigenvalue weighted by Gasteiger charge is -2.04. The third-order valence-electron chi connectivity index (χ3n) is 2.28. The second-order valence-corrected chi connectivity index (χ2v) is 3.32. The number of aromatic amines is 1. The molecule has 0 aliphatic carbocycles. The largest absolute Gasteiger partial charge is 0.515 e. The molecule has 1 aromatic heterocycles. The van der Waals surface area contributed by atoms with Crippen LogP contribution < -0.4 is 9.47 Å². The van der Waals surface area contributed by atoms with Gasteiger partial charge in [0, 0.05) is 5.39 Å². The molecule has 0 saturated heterocycles. The van der Waals surface area contributed by atoms with Crippen molar-refractivity contribution in [1.82, 2.24) is 4.98 Å². The van der Waals surface area contributed by atoms with Gasteiger partial charge in [-0.25, -0.2) is 4.79 Å². The Morgan fingerprint density at radius 1 is 1.35 bits per heavy atom. The molecule has 5 nitrogen and oxygen atoms in total. The summed E-state index contributed by atoms with van der Waals surface area (Å²) in [6.45, 7) is 1.98. The first-order valence-electron chi connectivity index (χ1n) is 5.25. The number of nitrogens with one attached hydrogen (secondary N) is 1. The molecule has 5 heteroatoms. The standard InChI is InChI=1S/C12H13NO4/c1-3-16-12(14)17-11-10(15-2)8-6-4-5-7-9(8)13-11/h4-7,13H,3H2,1-2H3. The highest BCUT2D eigenvalue weighted by Crippen LogP contribution is 2.35. The summed E-state index contributed by atoms with van der Waals surface area (Å²) in [7, 11) is 1.52. The van der Waals surface area contributed by atoms with E-state index in [4.69, 9.17) is 14.2 Å². The van der Waals surface area contributed by atoms with Gasteiger partial charge in [0.2, 0.25) is 5.88 Å². The van der Waals surface area contributed by atoms with Crippen molar-refractivity contribution in [2.45, 2.75) is 6.92 Å². The second kappa shape index (κ2) is 4.78. The van der Waals surface area contributed by atoms with Crippen LogP contribution in [0, 0.1) is 0 Å². The Bertz CT molecular complexity index is 532. The normalized spacial score (nSPS) is 10.2. The molecule has 0 bridgehead atoms. The summed E-state index contributed by atoms with van der Waals surface area (Å²) in [6.07, 6.45) is -0.752. The van der Waals surface area contributed by atoms with Crippen LogP contribution in [0.15, 0.2) is 24.3 Å². The van der Waals surface area contributed by atoms with Crippen LogP contribution in [0.25, 0.3) is 10.9 Å². The fourth-order valence-electron chi connectivity index (χ4n) is 1.60. The monoisotopic (exact) mass is 235 g/mol. The highest BCUT2D eigenvalue weighted by Gasteiger charge is 2.16. The molecule has 0 radical (unpaired) electrons. The van der Waals surface area contributed by atoms with Crippen molar-refractivity contribution < 1.29 is 19.0 Å². The van der Waals surface area contributed by atoms with E-state index in [1.54, 1.807) is 6.92 Å². The Labute approximate surface area is 98.3 Å². The number of ether oxygens (including phenoxy) is 3. The lowest BCUT2D eigenvalue weighted by Crippen LogP contribution is -2.10. The lowest BCUT2D eigenvalue weighted by molar-refractivity contribution is 0.102. The van der Waals surface area contributed by atoms with Gasteiger partial charge < -0.3 is 19.2 Å². The summed E-state index contributed by atoms with van der Waals surface area (Å²) in [4.78, 5) is 14.2. The summed E-state index contributed by atoms with van der Waals surface area (Å²) in [6, 6.07) is 7.51. The van der Waals surface area contributed by atoms with Crippen LogP contribution in [0.1, 0.15) is 6.92 Å². The molecule has 0 aliphatic heterocycles. The molecule has 0 saturated carbocycles. The molecular formula is C12H13NO4. The second-order valence-electron chi connectivity index (χ2n) is 3.32. The van der Waals surface area contributed by atoms with E-state index in [1.165, 1.54) is 7.11 Å². The highest BCUT2D eigenvalue weighted by atomic mass is 16.7. The van der Waals surface area contributed by atoms with Crippen LogP contribution in [0.3, 0.4) is 0 Å². The van der Waals surface area contributed by atoms with Gasteiger partial charge >= 0.3 is 6.16 Å². The number of H-pyrrole nitrogens is 1. The minimum absolute atomic E-state index is 0.257. The number of benzene rings is 1. The zero-order valence-electron chi connectivity index (χ0n) is 9.65. The fourth-order valence-corrected chi connectivity index (χ4v) is 1.60. The van der Waals surface area contributed by atoms with Crippen LogP contribution >= 0.6 is 0 Å². The van der Waals surface area contributed by atoms with Crippen molar-refractivity contribution in [1.29, 1.82) is 0 Å². The van der Waals surface area contributed by atoms with E-state index in [9.17, 15) is 4.79 Å². The van der Waals surface area contributed by atoms with Crippen molar-refractivity contribution in [3.05, 3.63) is 24.3 Å². The maximum Gasteiger partial charge on any atom is 0.515 e. The minimum atomic E-state index is -0.752. The van der Waals surface area contributed by atoms with Crippen molar-refractivity contribution in [3.63, 3.8) is 0 Å². The van der Waals surface area contributed by atoms with Crippen molar-refractivity contribution in [2.24, 2.45) is 0 Å². The Morgan fingerprint density at radius 2 is 2.12 bits per heavy atom. The Hall–Kier alpha value is -2.17. The van der Waals surface area contributed by atoms with Gasteiger partial charge in [0.1, 0.15) is 0 Å². The first kappa shape index (κ1) is 11.3. The van der Waals surface area contributed by atoms with Gasteiger partial charge in [0.05, 0.1) is 19.2 Å². The van der Waals surface area contributed by atoms with Gasteiger partial charge in [-0.05, 0) is 19.1 Å². The minimum Gasteiger partial charge on any atom is -0.491 e. The zero-order chi connectivity index (χ0) is 12.3. The first-order valence-corrected chi connectivity index (χ1v) is 5.25. The van der Waals surface area contributed by atoms with Crippen LogP contribution in [-0.2, 0) is 4.74 Å². The summed E-state index contributed by atoms with van der Waals surface area (Å²) in [5.74, 6) is 0.751. The van der Waals surface area contributed by atoms with Crippen LogP contribution in [0.5, 0.6) is 11.6 Å². The predicted molar refractivity (Wildman–Crippen MR) is 62.5 cm³/mol. The van der Waals surface area contributed by atoms with Crippen LogP contribution in [0.4, 0.5) is 4.79 Å². The number of hydrogen-bond donors (Lipinski definition) is 1. The van der Waals surface area contributed by atoms with Gasteiger partial charge in [-0.2, -0.15) is 0 Å². The maximum absolute atomic E-state index is 11.2. The first-order chi connectivity index (χ1) is 8.26. The molecule has 0 aliphatic rings. The number of carbonyl (C=O) groups excluding carboxylic acids is 1. The van der Waals surface area contributed by atoms with Crippen molar-refractivity contribution in [2.75, 3.05) is 13.7 Å². The van der Waals surface area contributed by atoms with Crippen LogP contribution in [0.2, 0.25) is 0 Å². The van der Waals surface area contributed by atoms with Gasteiger partial charge in [-0.3, -0.25) is 0 Å². The van der Waals surface area contributed by atoms with Gasteiger partial charge in [0.15, 0.2) is 5.75 Å². The van der Waals surface area contributed by atoms with Gasteiger partial charge in [0.25, 0.3) is 0 Å². The van der Waals surface area contributed by atoms with E-state index in [1.807, 2.05) is 24.3 Å². The number of methoxy groups -OCH3 is 1. The van der Waals surface area contributed by atoms with E-state index in [0.717, 1.165) is 10.9 Å². The summed E-state index contributed by atoms with van der Waals surface area (Å²) in [5, 5.41) is 0.856. The molecule has 0 amide bonds. The number of aromatic nitrogens is 1. The fraction of sp³-hybridized carbons (Fsp3) is 0.250. The molecular weight excluding hydrogens is 222 g/mol. The number of carbonyl (C=O) groups is 1. The van der Waals surface area contributed by atoms with E-state index < -0.39 is 6.16 Å². The molecule has 2 rings (SSSR count). The molecule has 1 aromatic carbocycles. The predicted octanol–water partition coefficient (Wildman–Crippen LogP) is 2.71. The van der Waals surface area contributed by atoms with Gasteiger partial charge in [-0.1, -0.05) is 12.1 Å². The Morgan fingerprint density at radius 3 is 2.82 bits per heavy atom. The number of para-hydroxylation sites is 1. The third kappa shape index (κ3) is 2.18. The molecule has 1 N–H and O–H groups in total. The lowest BCUT2D eigenvalue weighted by atomic mass is 10.2. The van der Waals surface area contributed by atoms with Crippen LogP contribution in [-0.4, -0.2) is 24.9 Å². The van der Waals surface area contributed by atoms with E-state index in [-0.39, 0.29) is 12.5 Å². The summed E-state index contributed by atoms with van der Waals surface area (Å²) in [5.41, 5.74) is 0.837. The van der Waals surface area contributed by atoms with E-state index in [2.05, 4.69) is 4.98 Å². The molecule has 0 fully saturated rings. The number of rotatable bonds is 3. The maximum atomic E-state index is 11.2. The topological polar surface area (TPSA) is 60.5 Å². The Kier molecular flexibility index (Phi) is 3.18. The average Bonchev–Trinajstić information content (AvgIpc) is 2.66. The van der Waals surface area contributed by atoms with Crippen molar-refractivity contribution in [3.8, 4) is 11.6 Å². The van der Waals surface area contributed by atoms with E-state index in [0.29, 0.717) is 5.75 Å². The summed E-state index contributed by atoms with van der Waals surface area (Å²) >= 11 is 0. The molecule has 90 valence electrons. The van der Waals surface area contributed by atoms with Gasteiger partial charge in [-0.15, -0.1) is 0 Å². The molecule has 0 atom stereocenters. The molecule has 0 spiro atoms. The SMILES string of the molecule is CCOC(=O)Oc1[nH]c2ccccc2c1OC. The summed E-state index contributed by atoms with van der Waals surface area (Å²) < 4.78 is 14.9. The van der Waals surface area contributed by atoms with Crippen molar-refractivity contribution >= 4 is 17.1 Å². The molecule has 1 heterocycles. The zero-order valence-corrected chi connectivity index (χ0v) is 9.65. The third-order valence-corrected chi connectivity index (χ3v) is 2.28. The quantitative estimate of drug-likeness (QED) is 0.831. The molecule has 0 unspecified atom stereocenters. The average molecular weight is 235 g/mol. The molecule has 17 heavy (non-hydrogen) atoms. The highest BCUT2D eigenvalue weighted by molar-refractivity contribution is 5.89. The smallest absolute Gasteiger partial charge is 0.491 e.